The zero-order valence-corrected chi connectivity index (χ0v) is 10.3. The molecule has 0 amide bonds. The lowest BCUT2D eigenvalue weighted by Crippen LogP contribution is -2.32. The fourth-order valence-electron chi connectivity index (χ4n) is 1.82. The molecule has 4 nitrogen and oxygen atoms in total. The lowest BCUT2D eigenvalue weighted by atomic mass is 9.98. The Balaban J connectivity index is 2.07. The van der Waals surface area contributed by atoms with Crippen molar-refractivity contribution in [3.63, 3.8) is 0 Å². The maximum Gasteiger partial charge on any atom is 0.179 e. The largest absolute Gasteiger partial charge is 0.508 e. The maximum absolute atomic E-state index is 12.1. The summed E-state index contributed by atoms with van der Waals surface area (Å²) in [4.78, 5) is 12.1. The van der Waals surface area contributed by atoms with Crippen molar-refractivity contribution >= 4 is 5.78 Å². The van der Waals surface area contributed by atoms with Crippen LogP contribution >= 0.6 is 0 Å². The van der Waals surface area contributed by atoms with E-state index in [-0.39, 0.29) is 17.3 Å². The number of carbonyl (C=O) groups excluding carboxylic acids is 1. The van der Waals surface area contributed by atoms with Crippen molar-refractivity contribution < 1.29 is 15.0 Å². The van der Waals surface area contributed by atoms with Gasteiger partial charge in [-0.25, -0.2) is 0 Å². The average Bonchev–Trinajstić information content (AvgIpc) is 2.41. The van der Waals surface area contributed by atoms with E-state index in [4.69, 9.17) is 5.73 Å². The smallest absolute Gasteiger partial charge is 0.179 e. The molecule has 2 aromatic rings. The number of phenolic OH excluding ortho intramolecular Hbond substituents is 2. The van der Waals surface area contributed by atoms with E-state index in [0.717, 1.165) is 5.56 Å². The van der Waals surface area contributed by atoms with Crippen LogP contribution in [-0.2, 0) is 6.42 Å². The molecule has 0 aliphatic carbocycles. The number of hydrogen-bond acceptors (Lipinski definition) is 4. The van der Waals surface area contributed by atoms with Gasteiger partial charge in [-0.05, 0) is 48.4 Å². The molecule has 0 aliphatic heterocycles. The normalized spacial score (nSPS) is 12.1. The molecule has 98 valence electrons. The number of hydrogen-bond donors (Lipinski definition) is 3. The van der Waals surface area contributed by atoms with Crippen LogP contribution in [0.1, 0.15) is 15.9 Å². The van der Waals surface area contributed by atoms with Crippen molar-refractivity contribution in [1.82, 2.24) is 0 Å². The molecule has 0 saturated heterocycles. The van der Waals surface area contributed by atoms with Gasteiger partial charge >= 0.3 is 0 Å². The maximum atomic E-state index is 12.1. The Kier molecular flexibility index (Phi) is 3.82. The van der Waals surface area contributed by atoms with Crippen molar-refractivity contribution in [3.8, 4) is 11.5 Å². The number of ketones is 1. The summed E-state index contributed by atoms with van der Waals surface area (Å²) in [6.45, 7) is 0. The van der Waals surface area contributed by atoms with Crippen LogP contribution in [0.3, 0.4) is 0 Å². The van der Waals surface area contributed by atoms with Gasteiger partial charge in [-0.3, -0.25) is 4.79 Å². The van der Waals surface area contributed by atoms with Crippen LogP contribution in [0.25, 0.3) is 0 Å². The molecule has 0 fully saturated rings. The van der Waals surface area contributed by atoms with Crippen molar-refractivity contribution in [2.75, 3.05) is 0 Å². The predicted octanol–water partition coefficient (Wildman–Crippen LogP) is 1.85. The van der Waals surface area contributed by atoms with Crippen LogP contribution in [0.5, 0.6) is 11.5 Å². The highest BCUT2D eigenvalue weighted by Crippen LogP contribution is 2.14. The lowest BCUT2D eigenvalue weighted by molar-refractivity contribution is 0.0961. The molecule has 0 heterocycles. The summed E-state index contributed by atoms with van der Waals surface area (Å²) in [5.74, 6) is 0.124. The third-order valence-corrected chi connectivity index (χ3v) is 2.88. The van der Waals surface area contributed by atoms with Crippen molar-refractivity contribution in [2.24, 2.45) is 5.73 Å². The number of aromatic hydroxyl groups is 2. The first-order chi connectivity index (χ1) is 9.06. The quantitative estimate of drug-likeness (QED) is 0.730. The Hall–Kier alpha value is -2.33. The minimum absolute atomic E-state index is 0.114. The molecule has 0 unspecified atom stereocenters. The summed E-state index contributed by atoms with van der Waals surface area (Å²) in [6.07, 6.45) is 0.403. The predicted molar refractivity (Wildman–Crippen MR) is 72.2 cm³/mol. The van der Waals surface area contributed by atoms with Gasteiger partial charge in [0.2, 0.25) is 0 Å². The van der Waals surface area contributed by atoms with E-state index in [0.29, 0.717) is 12.0 Å². The van der Waals surface area contributed by atoms with Crippen molar-refractivity contribution in [2.45, 2.75) is 12.5 Å². The molecule has 0 radical (unpaired) electrons. The van der Waals surface area contributed by atoms with Crippen molar-refractivity contribution in [1.29, 1.82) is 0 Å². The van der Waals surface area contributed by atoms with E-state index in [2.05, 4.69) is 0 Å². The fraction of sp³-hybridized carbons (Fsp3) is 0.133. The number of benzene rings is 2. The van der Waals surface area contributed by atoms with E-state index in [1.54, 1.807) is 36.4 Å². The SMILES string of the molecule is N[C@@H](Cc1ccc(O)cc1)C(=O)c1ccc(O)cc1. The second kappa shape index (κ2) is 5.54. The number of nitrogens with two attached hydrogens (primary N) is 1. The standard InChI is InChI=1S/C15H15NO3/c16-14(9-10-1-5-12(17)6-2-10)15(19)11-3-7-13(18)8-4-11/h1-8,14,17-18H,9,16H2/t14-/m0/s1. The number of Topliss-reactive ketones (excluding diaryl/α,β-unsaturated/α-hetero) is 1. The van der Waals surface area contributed by atoms with E-state index >= 15 is 0 Å². The van der Waals surface area contributed by atoms with Gasteiger partial charge in [-0.15, -0.1) is 0 Å². The first-order valence-electron chi connectivity index (χ1n) is 5.93. The second-order valence-electron chi connectivity index (χ2n) is 4.39. The minimum Gasteiger partial charge on any atom is -0.508 e. The molecule has 0 bridgehead atoms. The van der Waals surface area contributed by atoms with Gasteiger partial charge < -0.3 is 15.9 Å². The highest BCUT2D eigenvalue weighted by molar-refractivity contribution is 6.00. The molecule has 2 rings (SSSR count). The third-order valence-electron chi connectivity index (χ3n) is 2.88. The zero-order valence-electron chi connectivity index (χ0n) is 10.3. The molecule has 4 N–H and O–H groups in total. The molecule has 2 aromatic carbocycles. The van der Waals surface area contributed by atoms with E-state index in [9.17, 15) is 15.0 Å². The second-order valence-corrected chi connectivity index (χ2v) is 4.39. The number of carbonyl (C=O) groups is 1. The highest BCUT2D eigenvalue weighted by Gasteiger charge is 2.16. The Morgan fingerprint density at radius 2 is 1.42 bits per heavy atom. The first kappa shape index (κ1) is 13.1. The third kappa shape index (κ3) is 3.33. The molecule has 19 heavy (non-hydrogen) atoms. The molecule has 0 aliphatic rings. The summed E-state index contributed by atoms with van der Waals surface area (Å²) in [7, 11) is 0. The summed E-state index contributed by atoms with van der Waals surface area (Å²) >= 11 is 0. The van der Waals surface area contributed by atoms with E-state index in [1.807, 2.05) is 0 Å². The Morgan fingerprint density at radius 3 is 1.95 bits per heavy atom. The topological polar surface area (TPSA) is 83.5 Å². The van der Waals surface area contributed by atoms with Gasteiger partial charge in [0.25, 0.3) is 0 Å². The average molecular weight is 257 g/mol. The van der Waals surface area contributed by atoms with E-state index < -0.39 is 6.04 Å². The zero-order chi connectivity index (χ0) is 13.8. The number of phenols is 2. The van der Waals surface area contributed by atoms with Crippen LogP contribution in [0.2, 0.25) is 0 Å². The van der Waals surface area contributed by atoms with Crippen LogP contribution in [0.15, 0.2) is 48.5 Å². The van der Waals surface area contributed by atoms with Gasteiger partial charge in [0.05, 0.1) is 6.04 Å². The van der Waals surface area contributed by atoms with Crippen LogP contribution in [-0.4, -0.2) is 22.0 Å². The van der Waals surface area contributed by atoms with E-state index in [1.165, 1.54) is 12.1 Å². The molecular formula is C15H15NO3. The summed E-state index contributed by atoms with van der Waals surface area (Å²) in [5, 5.41) is 18.4. The minimum atomic E-state index is -0.644. The number of rotatable bonds is 4. The van der Waals surface area contributed by atoms with Gasteiger partial charge in [0.15, 0.2) is 5.78 Å². The summed E-state index contributed by atoms with van der Waals surface area (Å²) in [5.41, 5.74) is 7.25. The Labute approximate surface area is 111 Å². The summed E-state index contributed by atoms with van der Waals surface area (Å²) in [6, 6.07) is 12.0. The van der Waals surface area contributed by atoms with Gasteiger partial charge in [0, 0.05) is 5.56 Å². The molecule has 0 spiro atoms. The molecule has 4 heteroatoms. The molecule has 0 aromatic heterocycles. The van der Waals surface area contributed by atoms with Crippen LogP contribution in [0.4, 0.5) is 0 Å². The Morgan fingerprint density at radius 1 is 0.947 bits per heavy atom. The van der Waals surface area contributed by atoms with Gasteiger partial charge in [-0.2, -0.15) is 0 Å². The molecular weight excluding hydrogens is 242 g/mol. The first-order valence-corrected chi connectivity index (χ1v) is 5.93. The van der Waals surface area contributed by atoms with Crippen molar-refractivity contribution in [3.05, 3.63) is 59.7 Å². The van der Waals surface area contributed by atoms with Gasteiger partial charge in [0.1, 0.15) is 11.5 Å². The molecule has 0 saturated carbocycles. The van der Waals surface area contributed by atoms with Crippen LogP contribution in [0, 0.1) is 0 Å². The summed E-state index contributed by atoms with van der Waals surface area (Å²) < 4.78 is 0. The monoisotopic (exact) mass is 257 g/mol. The van der Waals surface area contributed by atoms with Crippen LogP contribution < -0.4 is 5.73 Å². The molecule has 1 atom stereocenters. The lowest BCUT2D eigenvalue weighted by Gasteiger charge is -2.11. The Bertz CT molecular complexity index is 561. The highest BCUT2D eigenvalue weighted by atomic mass is 16.3. The fourth-order valence-corrected chi connectivity index (χ4v) is 1.82. The van der Waals surface area contributed by atoms with Gasteiger partial charge in [-0.1, -0.05) is 12.1 Å².